The largest absolute Gasteiger partial charge is 0.481 e. The maximum atomic E-state index is 13.4. The lowest BCUT2D eigenvalue weighted by Crippen LogP contribution is -2.38. The van der Waals surface area contributed by atoms with E-state index in [-0.39, 0.29) is 18.8 Å². The van der Waals surface area contributed by atoms with Gasteiger partial charge in [0.05, 0.1) is 18.2 Å². The number of carboxylic acids is 1. The van der Waals surface area contributed by atoms with Crippen LogP contribution in [0.25, 0.3) is 0 Å². The Morgan fingerprint density at radius 2 is 2.14 bits per heavy atom. The Balaban J connectivity index is 2.62. The fraction of sp³-hybridized carbons (Fsp3) is 0.333. The number of halogens is 1. The van der Waals surface area contributed by atoms with E-state index >= 15 is 0 Å². The van der Waals surface area contributed by atoms with Gasteiger partial charge in [-0.2, -0.15) is 0 Å². The summed E-state index contributed by atoms with van der Waals surface area (Å²) in [5.41, 5.74) is 0.104. The highest BCUT2D eigenvalue weighted by Crippen LogP contribution is 2.12. The number of carbonyl (C=O) groups is 2. The molecule has 0 fully saturated rings. The summed E-state index contributed by atoms with van der Waals surface area (Å²) in [6.45, 7) is 5.70. The van der Waals surface area contributed by atoms with Gasteiger partial charge in [-0.3, -0.25) is 14.5 Å². The van der Waals surface area contributed by atoms with E-state index in [2.05, 4.69) is 11.9 Å². The van der Waals surface area contributed by atoms with Gasteiger partial charge in [-0.1, -0.05) is 25.1 Å². The van der Waals surface area contributed by atoms with Crippen LogP contribution in [0.15, 0.2) is 36.9 Å². The molecule has 1 atom stereocenters. The number of hydrogen-bond donors (Lipinski definition) is 2. The number of carbonyl (C=O) groups excluding carboxylic acids is 1. The topological polar surface area (TPSA) is 69.6 Å². The average molecular weight is 294 g/mol. The van der Waals surface area contributed by atoms with Crippen LogP contribution >= 0.6 is 0 Å². The van der Waals surface area contributed by atoms with E-state index in [9.17, 15) is 14.0 Å². The van der Waals surface area contributed by atoms with Crippen molar-refractivity contribution in [2.75, 3.05) is 25.0 Å². The maximum Gasteiger partial charge on any atom is 0.307 e. The van der Waals surface area contributed by atoms with Crippen molar-refractivity contribution in [2.45, 2.75) is 6.92 Å². The lowest BCUT2D eigenvalue weighted by Gasteiger charge is -2.22. The number of carboxylic acid groups (broad SMARTS) is 1. The zero-order chi connectivity index (χ0) is 15.8. The van der Waals surface area contributed by atoms with Crippen molar-refractivity contribution >= 4 is 17.6 Å². The molecule has 1 unspecified atom stereocenters. The zero-order valence-corrected chi connectivity index (χ0v) is 11.9. The van der Waals surface area contributed by atoms with Gasteiger partial charge in [-0.15, -0.1) is 6.58 Å². The summed E-state index contributed by atoms with van der Waals surface area (Å²) in [6.07, 6.45) is 1.59. The van der Waals surface area contributed by atoms with Crippen LogP contribution in [0.2, 0.25) is 0 Å². The van der Waals surface area contributed by atoms with Gasteiger partial charge < -0.3 is 10.4 Å². The van der Waals surface area contributed by atoms with E-state index in [4.69, 9.17) is 5.11 Å². The van der Waals surface area contributed by atoms with Crippen molar-refractivity contribution in [3.63, 3.8) is 0 Å². The van der Waals surface area contributed by atoms with E-state index in [0.29, 0.717) is 6.54 Å². The molecule has 1 aromatic rings. The van der Waals surface area contributed by atoms with Crippen LogP contribution in [-0.2, 0) is 9.59 Å². The molecule has 5 nitrogen and oxygen atoms in total. The molecule has 0 aliphatic rings. The van der Waals surface area contributed by atoms with Gasteiger partial charge in [0.1, 0.15) is 5.82 Å². The molecule has 0 saturated carbocycles. The summed E-state index contributed by atoms with van der Waals surface area (Å²) in [7, 11) is 0. The number of aliphatic carboxylic acids is 1. The molecule has 1 amide bonds. The molecule has 2 N–H and O–H groups in total. The lowest BCUT2D eigenvalue weighted by atomic mass is 10.1. The third-order valence-electron chi connectivity index (χ3n) is 2.86. The molecule has 21 heavy (non-hydrogen) atoms. The monoisotopic (exact) mass is 294 g/mol. The Hall–Kier alpha value is -2.21. The smallest absolute Gasteiger partial charge is 0.307 e. The second kappa shape index (κ2) is 8.16. The second-order valence-corrected chi connectivity index (χ2v) is 4.75. The molecule has 0 spiro atoms. The fourth-order valence-electron chi connectivity index (χ4n) is 1.81. The molecule has 114 valence electrons. The molecule has 0 aliphatic heterocycles. The number of amides is 1. The molecule has 0 bridgehead atoms. The van der Waals surface area contributed by atoms with Crippen molar-refractivity contribution in [3.05, 3.63) is 42.7 Å². The number of benzene rings is 1. The highest BCUT2D eigenvalue weighted by atomic mass is 19.1. The number of nitrogens with zero attached hydrogens (tertiary/aromatic N) is 1. The third kappa shape index (κ3) is 5.74. The molecular weight excluding hydrogens is 275 g/mol. The van der Waals surface area contributed by atoms with Crippen molar-refractivity contribution < 1.29 is 19.1 Å². The summed E-state index contributed by atoms with van der Waals surface area (Å²) in [5, 5.41) is 11.4. The maximum absolute atomic E-state index is 13.4. The minimum Gasteiger partial charge on any atom is -0.481 e. The van der Waals surface area contributed by atoms with Crippen LogP contribution in [0.3, 0.4) is 0 Å². The van der Waals surface area contributed by atoms with Gasteiger partial charge in [-0.25, -0.2) is 4.39 Å². The molecule has 0 saturated heterocycles. The molecule has 6 heteroatoms. The predicted molar refractivity (Wildman–Crippen MR) is 78.5 cm³/mol. The number of rotatable bonds is 8. The average Bonchev–Trinajstić information content (AvgIpc) is 2.41. The first-order chi connectivity index (χ1) is 9.93. The van der Waals surface area contributed by atoms with E-state index in [1.54, 1.807) is 24.0 Å². The Morgan fingerprint density at radius 1 is 1.48 bits per heavy atom. The summed E-state index contributed by atoms with van der Waals surface area (Å²) in [5.74, 6) is -2.45. The molecule has 1 rings (SSSR count). The minimum absolute atomic E-state index is 0.0298. The number of hydrogen-bond acceptors (Lipinski definition) is 3. The summed E-state index contributed by atoms with van der Waals surface area (Å²) in [4.78, 5) is 24.4. The number of para-hydroxylation sites is 1. The highest BCUT2D eigenvalue weighted by Gasteiger charge is 2.18. The first-order valence-electron chi connectivity index (χ1n) is 6.54. The van der Waals surface area contributed by atoms with E-state index in [0.717, 1.165) is 0 Å². The summed E-state index contributed by atoms with van der Waals surface area (Å²) in [6, 6.07) is 5.87. The van der Waals surface area contributed by atoms with Crippen molar-refractivity contribution in [3.8, 4) is 0 Å². The normalized spacial score (nSPS) is 12.0. The zero-order valence-electron chi connectivity index (χ0n) is 11.9. The molecule has 0 heterocycles. The Morgan fingerprint density at radius 3 is 2.71 bits per heavy atom. The van der Waals surface area contributed by atoms with E-state index in [1.807, 2.05) is 0 Å². The minimum atomic E-state index is -0.932. The first-order valence-corrected chi connectivity index (χ1v) is 6.54. The molecular formula is C15H19FN2O3. The van der Waals surface area contributed by atoms with Crippen LogP contribution in [0.4, 0.5) is 10.1 Å². The van der Waals surface area contributed by atoms with Crippen LogP contribution in [-0.4, -0.2) is 41.5 Å². The Kier molecular flexibility index (Phi) is 6.55. The van der Waals surface area contributed by atoms with E-state index < -0.39 is 23.6 Å². The summed E-state index contributed by atoms with van der Waals surface area (Å²) >= 11 is 0. The third-order valence-corrected chi connectivity index (χ3v) is 2.86. The molecule has 0 aromatic heterocycles. The SMILES string of the molecule is C=CCN(CC(=O)Nc1ccccc1F)CC(C)C(=O)O. The van der Waals surface area contributed by atoms with Gasteiger partial charge in [0.25, 0.3) is 0 Å². The first kappa shape index (κ1) is 16.8. The predicted octanol–water partition coefficient (Wildman–Crippen LogP) is 1.97. The standard InChI is InChI=1S/C15H19FN2O3/c1-3-8-18(9-11(2)15(20)21)10-14(19)17-13-7-5-4-6-12(13)16/h3-7,11H,1,8-10H2,2H3,(H,17,19)(H,20,21). The molecule has 0 radical (unpaired) electrons. The second-order valence-electron chi connectivity index (χ2n) is 4.75. The van der Waals surface area contributed by atoms with Gasteiger partial charge in [-0.05, 0) is 12.1 Å². The van der Waals surface area contributed by atoms with Crippen LogP contribution in [0, 0.1) is 11.7 Å². The number of anilines is 1. The molecule has 1 aromatic carbocycles. The highest BCUT2D eigenvalue weighted by molar-refractivity contribution is 5.92. The summed E-state index contributed by atoms with van der Waals surface area (Å²) < 4.78 is 13.4. The van der Waals surface area contributed by atoms with Gasteiger partial charge >= 0.3 is 5.97 Å². The van der Waals surface area contributed by atoms with Gasteiger partial charge in [0, 0.05) is 13.1 Å². The van der Waals surface area contributed by atoms with Gasteiger partial charge in [0.15, 0.2) is 0 Å². The van der Waals surface area contributed by atoms with Gasteiger partial charge in [0.2, 0.25) is 5.91 Å². The van der Waals surface area contributed by atoms with Crippen LogP contribution in [0.5, 0.6) is 0 Å². The van der Waals surface area contributed by atoms with Crippen LogP contribution < -0.4 is 5.32 Å². The van der Waals surface area contributed by atoms with Crippen molar-refractivity contribution in [2.24, 2.45) is 5.92 Å². The quantitative estimate of drug-likeness (QED) is 0.719. The fourth-order valence-corrected chi connectivity index (χ4v) is 1.81. The Labute approximate surface area is 123 Å². The Bertz CT molecular complexity index is 519. The van der Waals surface area contributed by atoms with Crippen molar-refractivity contribution in [1.82, 2.24) is 4.90 Å². The van der Waals surface area contributed by atoms with Crippen molar-refractivity contribution in [1.29, 1.82) is 0 Å². The van der Waals surface area contributed by atoms with Crippen LogP contribution in [0.1, 0.15) is 6.92 Å². The lowest BCUT2D eigenvalue weighted by molar-refractivity contribution is -0.142. The molecule has 0 aliphatic carbocycles. The number of nitrogens with one attached hydrogen (secondary N) is 1. The van der Waals surface area contributed by atoms with E-state index in [1.165, 1.54) is 18.2 Å².